The van der Waals surface area contributed by atoms with Crippen molar-refractivity contribution in [2.45, 2.75) is 50.8 Å². The molecule has 0 amide bonds. The second kappa shape index (κ2) is 4.40. The molecule has 0 spiro atoms. The van der Waals surface area contributed by atoms with Crippen molar-refractivity contribution in [1.82, 2.24) is 10.2 Å². The Labute approximate surface area is 93.2 Å². The lowest BCUT2D eigenvalue weighted by atomic mass is 10.0. The third kappa shape index (κ3) is 2.52. The summed E-state index contributed by atoms with van der Waals surface area (Å²) in [4.78, 5) is 2.62. The Kier molecular flexibility index (Phi) is 3.33. The maximum Gasteiger partial charge on any atom is 0.0753 e. The van der Waals surface area contributed by atoms with Gasteiger partial charge in [0, 0.05) is 25.2 Å². The third-order valence-electron chi connectivity index (χ3n) is 3.77. The Morgan fingerprint density at radius 2 is 2.13 bits per heavy atom. The quantitative estimate of drug-likeness (QED) is 0.745. The summed E-state index contributed by atoms with van der Waals surface area (Å²) in [7, 11) is 2.09. The fraction of sp³-hybridized carbons (Fsp3) is 1.00. The number of morpholine rings is 1. The average molecular weight is 212 g/mol. The van der Waals surface area contributed by atoms with Gasteiger partial charge < -0.3 is 10.1 Å². The molecule has 0 bridgehead atoms. The Balaban J connectivity index is 1.97. The van der Waals surface area contributed by atoms with Gasteiger partial charge in [0.1, 0.15) is 0 Å². The highest BCUT2D eigenvalue weighted by atomic mass is 16.5. The summed E-state index contributed by atoms with van der Waals surface area (Å²) in [5.41, 5.74) is 0.0408. The van der Waals surface area contributed by atoms with Crippen LogP contribution in [0.5, 0.6) is 0 Å². The van der Waals surface area contributed by atoms with Crippen molar-refractivity contribution in [2.75, 3.05) is 26.7 Å². The number of hydrogen-bond acceptors (Lipinski definition) is 3. The van der Waals surface area contributed by atoms with Gasteiger partial charge in [0.25, 0.3) is 0 Å². The lowest BCUT2D eigenvalue weighted by molar-refractivity contribution is -0.0984. The molecule has 3 heteroatoms. The second-order valence-corrected chi connectivity index (χ2v) is 5.47. The van der Waals surface area contributed by atoms with E-state index in [0.717, 1.165) is 25.7 Å². The summed E-state index contributed by atoms with van der Waals surface area (Å²) >= 11 is 0. The predicted octanol–water partition coefficient (Wildman–Crippen LogP) is 1.24. The minimum absolute atomic E-state index is 0.0408. The molecule has 1 saturated carbocycles. The lowest BCUT2D eigenvalue weighted by Crippen LogP contribution is -2.55. The molecule has 3 nitrogen and oxygen atoms in total. The Bertz CT molecular complexity index is 218. The fourth-order valence-electron chi connectivity index (χ4n) is 3.05. The molecule has 88 valence electrons. The third-order valence-corrected chi connectivity index (χ3v) is 3.77. The molecule has 15 heavy (non-hydrogen) atoms. The highest BCUT2D eigenvalue weighted by Crippen LogP contribution is 2.27. The minimum Gasteiger partial charge on any atom is -0.373 e. The van der Waals surface area contributed by atoms with Gasteiger partial charge in [-0.1, -0.05) is 6.42 Å². The van der Waals surface area contributed by atoms with Gasteiger partial charge in [0.05, 0.1) is 12.2 Å². The molecule has 1 heterocycles. The van der Waals surface area contributed by atoms with E-state index in [1.807, 2.05) is 0 Å². The van der Waals surface area contributed by atoms with E-state index in [-0.39, 0.29) is 5.60 Å². The maximum absolute atomic E-state index is 5.76. The van der Waals surface area contributed by atoms with Crippen molar-refractivity contribution in [3.05, 3.63) is 0 Å². The maximum atomic E-state index is 5.76. The van der Waals surface area contributed by atoms with Crippen molar-refractivity contribution in [3.8, 4) is 0 Å². The first-order chi connectivity index (χ1) is 7.12. The average Bonchev–Trinajstić information content (AvgIpc) is 2.63. The largest absolute Gasteiger partial charge is 0.373 e. The van der Waals surface area contributed by atoms with Gasteiger partial charge in [0.2, 0.25) is 0 Å². The van der Waals surface area contributed by atoms with Crippen LogP contribution >= 0.6 is 0 Å². The van der Waals surface area contributed by atoms with E-state index in [9.17, 15) is 0 Å². The lowest BCUT2D eigenvalue weighted by Gasteiger charge is -2.42. The highest BCUT2D eigenvalue weighted by Gasteiger charge is 2.36. The standard InChI is InChI=1S/C12H24N2O/c1-12(2)9-14(7-8-15-12)11-6-4-5-10(11)13-3/h10-11,13H,4-9H2,1-3H3. The molecule has 2 rings (SSSR count). The van der Waals surface area contributed by atoms with Crippen molar-refractivity contribution in [1.29, 1.82) is 0 Å². The first-order valence-electron chi connectivity index (χ1n) is 6.18. The summed E-state index contributed by atoms with van der Waals surface area (Å²) in [6.45, 7) is 7.47. The van der Waals surface area contributed by atoms with Gasteiger partial charge in [-0.3, -0.25) is 4.90 Å². The van der Waals surface area contributed by atoms with Gasteiger partial charge in [-0.15, -0.1) is 0 Å². The Hall–Kier alpha value is -0.120. The van der Waals surface area contributed by atoms with Crippen LogP contribution in [0.3, 0.4) is 0 Å². The highest BCUT2D eigenvalue weighted by molar-refractivity contribution is 4.93. The molecular weight excluding hydrogens is 188 g/mol. The molecule has 1 saturated heterocycles. The first kappa shape index (κ1) is 11.4. The van der Waals surface area contributed by atoms with Gasteiger partial charge in [-0.05, 0) is 33.7 Å². The summed E-state index contributed by atoms with van der Waals surface area (Å²) in [6, 6.07) is 1.43. The number of ether oxygens (including phenoxy) is 1. The summed E-state index contributed by atoms with van der Waals surface area (Å²) in [5, 5.41) is 3.46. The zero-order valence-corrected chi connectivity index (χ0v) is 10.3. The summed E-state index contributed by atoms with van der Waals surface area (Å²) < 4.78 is 5.76. The monoisotopic (exact) mass is 212 g/mol. The zero-order chi connectivity index (χ0) is 10.9. The van der Waals surface area contributed by atoms with E-state index >= 15 is 0 Å². The predicted molar refractivity (Wildman–Crippen MR) is 62.1 cm³/mol. The number of nitrogens with zero attached hydrogens (tertiary/aromatic N) is 1. The summed E-state index contributed by atoms with van der Waals surface area (Å²) in [6.07, 6.45) is 4.05. The molecular formula is C12H24N2O. The van der Waals surface area contributed by atoms with Crippen LogP contribution in [-0.2, 0) is 4.74 Å². The van der Waals surface area contributed by atoms with E-state index in [4.69, 9.17) is 4.74 Å². The molecule has 0 aromatic rings. The fourth-order valence-corrected chi connectivity index (χ4v) is 3.05. The van der Waals surface area contributed by atoms with E-state index < -0.39 is 0 Å². The number of likely N-dealkylation sites (N-methyl/N-ethyl adjacent to an activating group) is 1. The number of rotatable bonds is 2. The molecule has 2 fully saturated rings. The molecule has 0 radical (unpaired) electrons. The van der Waals surface area contributed by atoms with Crippen molar-refractivity contribution in [2.24, 2.45) is 0 Å². The van der Waals surface area contributed by atoms with Crippen LogP contribution in [0.2, 0.25) is 0 Å². The number of nitrogens with one attached hydrogen (secondary N) is 1. The molecule has 0 aromatic carbocycles. The zero-order valence-electron chi connectivity index (χ0n) is 10.3. The van der Waals surface area contributed by atoms with E-state index in [1.54, 1.807) is 0 Å². The van der Waals surface area contributed by atoms with Crippen LogP contribution in [0.1, 0.15) is 33.1 Å². The van der Waals surface area contributed by atoms with Crippen molar-refractivity contribution < 1.29 is 4.74 Å². The van der Waals surface area contributed by atoms with E-state index in [2.05, 4.69) is 31.1 Å². The first-order valence-corrected chi connectivity index (χ1v) is 6.18. The van der Waals surface area contributed by atoms with Crippen LogP contribution in [0.15, 0.2) is 0 Å². The molecule has 2 unspecified atom stereocenters. The second-order valence-electron chi connectivity index (χ2n) is 5.47. The van der Waals surface area contributed by atoms with Crippen LogP contribution in [0, 0.1) is 0 Å². The molecule has 2 aliphatic rings. The number of hydrogen-bond donors (Lipinski definition) is 1. The molecule has 1 aliphatic heterocycles. The van der Waals surface area contributed by atoms with E-state index in [0.29, 0.717) is 6.04 Å². The van der Waals surface area contributed by atoms with Gasteiger partial charge in [0.15, 0.2) is 0 Å². The topological polar surface area (TPSA) is 24.5 Å². The van der Waals surface area contributed by atoms with Gasteiger partial charge >= 0.3 is 0 Å². The molecule has 2 atom stereocenters. The van der Waals surface area contributed by atoms with Gasteiger partial charge in [-0.2, -0.15) is 0 Å². The van der Waals surface area contributed by atoms with Crippen LogP contribution in [0.4, 0.5) is 0 Å². The van der Waals surface area contributed by atoms with Crippen LogP contribution < -0.4 is 5.32 Å². The molecule has 1 aliphatic carbocycles. The van der Waals surface area contributed by atoms with Crippen LogP contribution in [-0.4, -0.2) is 49.3 Å². The smallest absolute Gasteiger partial charge is 0.0753 e. The molecule has 0 aromatic heterocycles. The Morgan fingerprint density at radius 1 is 1.33 bits per heavy atom. The van der Waals surface area contributed by atoms with Crippen molar-refractivity contribution in [3.63, 3.8) is 0 Å². The summed E-state index contributed by atoms with van der Waals surface area (Å²) in [5.74, 6) is 0. The van der Waals surface area contributed by atoms with Crippen LogP contribution in [0.25, 0.3) is 0 Å². The minimum atomic E-state index is 0.0408. The molecule has 1 N–H and O–H groups in total. The van der Waals surface area contributed by atoms with E-state index in [1.165, 1.54) is 19.3 Å². The van der Waals surface area contributed by atoms with Crippen molar-refractivity contribution >= 4 is 0 Å². The normalized spacial score (nSPS) is 37.0. The van der Waals surface area contributed by atoms with Gasteiger partial charge in [-0.25, -0.2) is 0 Å². The Morgan fingerprint density at radius 3 is 2.80 bits per heavy atom. The SMILES string of the molecule is CNC1CCCC1N1CCOC(C)(C)C1.